The lowest BCUT2D eigenvalue weighted by atomic mass is 9.93. The summed E-state index contributed by atoms with van der Waals surface area (Å²) in [4.78, 5) is 32.0. The summed E-state index contributed by atoms with van der Waals surface area (Å²) in [5.74, 6) is -0.330. The van der Waals surface area contributed by atoms with Crippen LogP contribution in [0.15, 0.2) is 58.1 Å². The second-order valence-corrected chi connectivity index (χ2v) is 8.33. The standard InChI is InChI=1S/C23H21ClN4O3/c1-26-12-11-16-15-5-3-4-6-17(15)25-19(16)20(26)18-21(29)27(2)23(31)28(22(18)30)14-9-7-13(24)8-10-14/h3-10,20,25,29H,11-12H2,1-2H3/t20-/m1/s1. The summed E-state index contributed by atoms with van der Waals surface area (Å²) in [5.41, 5.74) is 2.36. The van der Waals surface area contributed by atoms with Crippen molar-refractivity contribution < 1.29 is 5.11 Å². The number of benzene rings is 2. The van der Waals surface area contributed by atoms with Crippen LogP contribution in [0.5, 0.6) is 5.88 Å². The molecule has 4 aromatic rings. The quantitative estimate of drug-likeness (QED) is 0.506. The van der Waals surface area contributed by atoms with Crippen LogP contribution in [0.3, 0.4) is 0 Å². The first kappa shape index (κ1) is 19.7. The molecule has 0 radical (unpaired) electrons. The highest BCUT2D eigenvalue weighted by Crippen LogP contribution is 2.38. The molecule has 7 nitrogen and oxygen atoms in total. The number of hydrogen-bond donors (Lipinski definition) is 2. The molecule has 2 aromatic heterocycles. The van der Waals surface area contributed by atoms with Crippen molar-refractivity contribution in [3.05, 3.63) is 91.2 Å². The Morgan fingerprint density at radius 2 is 1.77 bits per heavy atom. The van der Waals surface area contributed by atoms with E-state index in [4.69, 9.17) is 11.6 Å². The molecule has 158 valence electrons. The van der Waals surface area contributed by atoms with Gasteiger partial charge in [0, 0.05) is 35.2 Å². The number of nitrogens with zero attached hydrogens (tertiary/aromatic N) is 3. The molecular weight excluding hydrogens is 416 g/mol. The van der Waals surface area contributed by atoms with Gasteiger partial charge >= 0.3 is 5.69 Å². The zero-order valence-electron chi connectivity index (χ0n) is 17.1. The maximum atomic E-state index is 13.6. The van der Waals surface area contributed by atoms with Gasteiger partial charge in [0.2, 0.25) is 5.88 Å². The summed E-state index contributed by atoms with van der Waals surface area (Å²) in [5, 5.41) is 12.5. The van der Waals surface area contributed by atoms with Gasteiger partial charge in [0.15, 0.2) is 0 Å². The van der Waals surface area contributed by atoms with Gasteiger partial charge in [0.05, 0.1) is 11.7 Å². The number of likely N-dealkylation sites (N-methyl/N-ethyl adjacent to an activating group) is 1. The molecule has 1 atom stereocenters. The van der Waals surface area contributed by atoms with E-state index in [0.29, 0.717) is 17.3 Å². The number of aromatic nitrogens is 3. The lowest BCUT2D eigenvalue weighted by molar-refractivity contribution is 0.250. The van der Waals surface area contributed by atoms with Gasteiger partial charge in [-0.15, -0.1) is 0 Å². The molecule has 0 bridgehead atoms. The number of H-pyrrole nitrogens is 1. The van der Waals surface area contributed by atoms with E-state index in [1.165, 1.54) is 7.05 Å². The van der Waals surface area contributed by atoms with Crippen molar-refractivity contribution in [1.82, 2.24) is 19.0 Å². The number of fused-ring (bicyclic) bond motifs is 3. The Morgan fingerprint density at radius 1 is 1.06 bits per heavy atom. The molecule has 0 amide bonds. The van der Waals surface area contributed by atoms with E-state index < -0.39 is 17.3 Å². The van der Waals surface area contributed by atoms with Crippen LogP contribution in [0.1, 0.15) is 22.9 Å². The van der Waals surface area contributed by atoms with Gasteiger partial charge in [-0.05, 0) is 49.4 Å². The van der Waals surface area contributed by atoms with Crippen LogP contribution in [-0.2, 0) is 13.5 Å². The van der Waals surface area contributed by atoms with E-state index in [0.717, 1.165) is 37.7 Å². The molecule has 0 saturated carbocycles. The average Bonchev–Trinajstić information content (AvgIpc) is 3.14. The predicted octanol–water partition coefficient (Wildman–Crippen LogP) is 2.95. The molecule has 0 saturated heterocycles. The first-order chi connectivity index (χ1) is 14.9. The normalized spacial score (nSPS) is 16.5. The Bertz CT molecular complexity index is 1430. The molecule has 0 fully saturated rings. The van der Waals surface area contributed by atoms with Crippen molar-refractivity contribution in [2.75, 3.05) is 13.6 Å². The topological polar surface area (TPSA) is 83.3 Å². The third kappa shape index (κ3) is 2.92. The van der Waals surface area contributed by atoms with E-state index in [9.17, 15) is 14.7 Å². The minimum atomic E-state index is -0.621. The zero-order chi connectivity index (χ0) is 21.9. The summed E-state index contributed by atoms with van der Waals surface area (Å²) in [7, 11) is 3.37. The van der Waals surface area contributed by atoms with E-state index in [-0.39, 0.29) is 11.4 Å². The maximum absolute atomic E-state index is 13.6. The van der Waals surface area contributed by atoms with Crippen molar-refractivity contribution in [1.29, 1.82) is 0 Å². The number of hydrogen-bond acceptors (Lipinski definition) is 4. The summed E-state index contributed by atoms with van der Waals surface area (Å²) < 4.78 is 2.19. The molecule has 0 aliphatic carbocycles. The lowest BCUT2D eigenvalue weighted by Gasteiger charge is -2.33. The Morgan fingerprint density at radius 3 is 2.52 bits per heavy atom. The molecule has 0 unspecified atom stereocenters. The minimum absolute atomic E-state index is 0.159. The van der Waals surface area contributed by atoms with Gasteiger partial charge in [-0.2, -0.15) is 0 Å². The molecule has 1 aliphatic rings. The minimum Gasteiger partial charge on any atom is -0.494 e. The van der Waals surface area contributed by atoms with Gasteiger partial charge in [0.25, 0.3) is 5.56 Å². The number of rotatable bonds is 2. The fourth-order valence-electron chi connectivity index (χ4n) is 4.51. The molecule has 2 N–H and O–H groups in total. The number of halogens is 1. The molecule has 31 heavy (non-hydrogen) atoms. The highest BCUT2D eigenvalue weighted by Gasteiger charge is 2.35. The SMILES string of the molecule is CN1CCc2c([nH]c3ccccc23)[C@H]1c1c(O)n(C)c(=O)n(-c2ccc(Cl)cc2)c1=O. The molecular formula is C23H21ClN4O3. The second-order valence-electron chi connectivity index (χ2n) is 7.89. The monoisotopic (exact) mass is 436 g/mol. The molecule has 2 aromatic carbocycles. The largest absolute Gasteiger partial charge is 0.494 e. The molecule has 1 aliphatic heterocycles. The van der Waals surface area contributed by atoms with Crippen molar-refractivity contribution in [2.45, 2.75) is 12.5 Å². The fraction of sp³-hybridized carbons (Fsp3) is 0.217. The van der Waals surface area contributed by atoms with Crippen LogP contribution < -0.4 is 11.2 Å². The molecule has 8 heteroatoms. The van der Waals surface area contributed by atoms with Gasteiger partial charge in [-0.25, -0.2) is 9.36 Å². The third-order valence-corrected chi connectivity index (χ3v) is 6.36. The number of nitrogens with one attached hydrogen (secondary N) is 1. The highest BCUT2D eigenvalue weighted by molar-refractivity contribution is 6.30. The maximum Gasteiger partial charge on any atom is 0.338 e. The number of para-hydroxylation sites is 1. The Balaban J connectivity index is 1.81. The fourth-order valence-corrected chi connectivity index (χ4v) is 4.63. The van der Waals surface area contributed by atoms with E-state index in [1.807, 2.05) is 30.1 Å². The van der Waals surface area contributed by atoms with Crippen molar-refractivity contribution in [2.24, 2.45) is 7.05 Å². The van der Waals surface area contributed by atoms with Crippen LogP contribution in [0, 0.1) is 0 Å². The first-order valence-electron chi connectivity index (χ1n) is 9.99. The van der Waals surface area contributed by atoms with Crippen molar-refractivity contribution in [3.8, 4) is 11.6 Å². The number of aromatic hydroxyl groups is 1. The van der Waals surface area contributed by atoms with Crippen LogP contribution in [0.4, 0.5) is 0 Å². The summed E-state index contributed by atoms with van der Waals surface area (Å²) in [6, 6.07) is 14.0. The zero-order valence-corrected chi connectivity index (χ0v) is 17.8. The van der Waals surface area contributed by atoms with Crippen molar-refractivity contribution >= 4 is 22.5 Å². The summed E-state index contributed by atoms with van der Waals surface area (Å²) >= 11 is 5.98. The van der Waals surface area contributed by atoms with Gasteiger partial charge < -0.3 is 10.1 Å². The predicted molar refractivity (Wildman–Crippen MR) is 120 cm³/mol. The summed E-state index contributed by atoms with van der Waals surface area (Å²) in [6.07, 6.45) is 0.824. The van der Waals surface area contributed by atoms with Crippen LogP contribution in [0.2, 0.25) is 5.02 Å². The van der Waals surface area contributed by atoms with Crippen LogP contribution >= 0.6 is 11.6 Å². The Labute approximate surface area is 182 Å². The lowest BCUT2D eigenvalue weighted by Crippen LogP contribution is -2.43. The molecule has 3 heterocycles. The Kier molecular flexibility index (Phi) is 4.53. The van der Waals surface area contributed by atoms with E-state index in [1.54, 1.807) is 24.3 Å². The Hall–Kier alpha value is -3.29. The smallest absolute Gasteiger partial charge is 0.338 e. The van der Waals surface area contributed by atoms with Crippen LogP contribution in [-0.4, -0.2) is 37.7 Å². The van der Waals surface area contributed by atoms with Gasteiger partial charge in [-0.1, -0.05) is 29.8 Å². The van der Waals surface area contributed by atoms with E-state index in [2.05, 4.69) is 11.1 Å². The molecule has 0 spiro atoms. The first-order valence-corrected chi connectivity index (χ1v) is 10.4. The molecule has 5 rings (SSSR count). The van der Waals surface area contributed by atoms with Gasteiger partial charge in [0.1, 0.15) is 5.56 Å². The van der Waals surface area contributed by atoms with Gasteiger partial charge in [-0.3, -0.25) is 14.3 Å². The number of aromatic amines is 1. The van der Waals surface area contributed by atoms with Crippen molar-refractivity contribution in [3.63, 3.8) is 0 Å². The van der Waals surface area contributed by atoms with E-state index >= 15 is 0 Å². The second kappa shape index (κ2) is 7.14. The highest BCUT2D eigenvalue weighted by atomic mass is 35.5. The summed E-state index contributed by atoms with van der Waals surface area (Å²) in [6.45, 7) is 0.710. The van der Waals surface area contributed by atoms with Crippen LogP contribution in [0.25, 0.3) is 16.6 Å². The third-order valence-electron chi connectivity index (χ3n) is 6.10. The average molecular weight is 437 g/mol.